The van der Waals surface area contributed by atoms with Crippen LogP contribution in [0.25, 0.3) is 0 Å². The van der Waals surface area contributed by atoms with Gasteiger partial charge in [0.05, 0.1) is 12.1 Å². The first-order chi connectivity index (χ1) is 15.2. The van der Waals surface area contributed by atoms with E-state index in [9.17, 15) is 27.4 Å². The SMILES string of the molecule is CNS(=O)(=O)O[C@@H]1C[C@@H](Nc2cc(N[C@H]3CCc4cc(F)c(F)cc43)ncn2)[C@H](O)[C@H]1O. The van der Waals surface area contributed by atoms with Crippen LogP contribution >= 0.6 is 0 Å². The maximum atomic E-state index is 13.7. The predicted octanol–water partition coefficient (Wildman–Crippen LogP) is 0.610. The van der Waals surface area contributed by atoms with Crippen LogP contribution in [0.5, 0.6) is 0 Å². The van der Waals surface area contributed by atoms with Gasteiger partial charge in [0.25, 0.3) is 0 Å². The van der Waals surface area contributed by atoms with Crippen molar-refractivity contribution in [2.24, 2.45) is 0 Å². The van der Waals surface area contributed by atoms with Gasteiger partial charge in [0.1, 0.15) is 36.3 Å². The molecule has 0 unspecified atom stereocenters. The summed E-state index contributed by atoms with van der Waals surface area (Å²) in [4.78, 5) is 8.23. The van der Waals surface area contributed by atoms with E-state index in [-0.39, 0.29) is 12.5 Å². The van der Waals surface area contributed by atoms with Crippen LogP contribution in [0.2, 0.25) is 0 Å². The lowest BCUT2D eigenvalue weighted by molar-refractivity contribution is -0.00882. The normalized spacial score (nSPS) is 27.3. The zero-order chi connectivity index (χ0) is 23.0. The number of nitrogens with zero attached hydrogens (tertiary/aromatic N) is 2. The summed E-state index contributed by atoms with van der Waals surface area (Å²) in [7, 11) is -2.87. The van der Waals surface area contributed by atoms with Gasteiger partial charge in [-0.25, -0.2) is 18.7 Å². The highest BCUT2D eigenvalue weighted by atomic mass is 32.2. The van der Waals surface area contributed by atoms with Crippen molar-refractivity contribution >= 4 is 21.9 Å². The smallest absolute Gasteiger partial charge is 0.335 e. The summed E-state index contributed by atoms with van der Waals surface area (Å²) < 4.78 is 57.2. The number of rotatable bonds is 7. The monoisotopic (exact) mass is 471 g/mol. The molecule has 0 amide bonds. The highest BCUT2D eigenvalue weighted by molar-refractivity contribution is 7.84. The number of aromatic nitrogens is 2. The van der Waals surface area contributed by atoms with Gasteiger partial charge in [-0.1, -0.05) is 0 Å². The number of benzene rings is 1. The summed E-state index contributed by atoms with van der Waals surface area (Å²) in [5.74, 6) is -1.04. The highest BCUT2D eigenvalue weighted by Gasteiger charge is 2.44. The summed E-state index contributed by atoms with van der Waals surface area (Å²) in [6.45, 7) is 0. The van der Waals surface area contributed by atoms with Crippen molar-refractivity contribution in [3.63, 3.8) is 0 Å². The molecule has 0 bridgehead atoms. The molecule has 1 saturated carbocycles. The van der Waals surface area contributed by atoms with Crippen molar-refractivity contribution in [3.8, 4) is 0 Å². The van der Waals surface area contributed by atoms with Gasteiger partial charge >= 0.3 is 10.3 Å². The van der Waals surface area contributed by atoms with Crippen molar-refractivity contribution in [1.82, 2.24) is 14.7 Å². The van der Waals surface area contributed by atoms with Crippen molar-refractivity contribution in [1.29, 1.82) is 0 Å². The molecule has 5 atom stereocenters. The van der Waals surface area contributed by atoms with Crippen LogP contribution in [0.15, 0.2) is 24.5 Å². The first kappa shape index (κ1) is 22.7. The van der Waals surface area contributed by atoms with Crippen LogP contribution in [0.3, 0.4) is 0 Å². The summed E-state index contributed by atoms with van der Waals surface area (Å²) in [5, 5.41) is 26.5. The third kappa shape index (κ3) is 4.66. The summed E-state index contributed by atoms with van der Waals surface area (Å²) in [6.07, 6.45) is -1.32. The minimum atomic E-state index is -4.04. The van der Waals surface area contributed by atoms with E-state index in [2.05, 4.69) is 20.6 Å². The Morgan fingerprint density at radius 2 is 1.75 bits per heavy atom. The van der Waals surface area contributed by atoms with Crippen molar-refractivity contribution in [2.45, 2.75) is 49.7 Å². The topological polar surface area (TPSA) is 146 Å². The van der Waals surface area contributed by atoms with Gasteiger partial charge in [0.2, 0.25) is 0 Å². The van der Waals surface area contributed by atoms with Crippen molar-refractivity contribution in [3.05, 3.63) is 47.3 Å². The molecule has 1 fully saturated rings. The Bertz CT molecular complexity index is 1110. The van der Waals surface area contributed by atoms with Gasteiger partial charge in [-0.2, -0.15) is 13.1 Å². The maximum absolute atomic E-state index is 13.7. The fourth-order valence-corrected chi connectivity index (χ4v) is 4.69. The molecular weight excluding hydrogens is 448 g/mol. The molecule has 1 aromatic heterocycles. The number of aliphatic hydroxyl groups is 2. The fraction of sp³-hybridized carbons (Fsp3) is 0.474. The summed E-state index contributed by atoms with van der Waals surface area (Å²) >= 11 is 0. The first-order valence-electron chi connectivity index (χ1n) is 9.97. The molecule has 2 aliphatic carbocycles. The molecule has 5 N–H and O–H groups in total. The van der Waals surface area contributed by atoms with Gasteiger partial charge in [-0.15, -0.1) is 0 Å². The molecule has 0 aliphatic heterocycles. The zero-order valence-electron chi connectivity index (χ0n) is 17.0. The van der Waals surface area contributed by atoms with Crippen molar-refractivity contribution < 1.29 is 31.6 Å². The first-order valence-corrected chi connectivity index (χ1v) is 11.4. The zero-order valence-corrected chi connectivity index (χ0v) is 17.8. The van der Waals surface area contributed by atoms with Crippen LogP contribution in [0, 0.1) is 11.6 Å². The molecule has 0 spiro atoms. The second-order valence-corrected chi connectivity index (χ2v) is 9.26. The minimum Gasteiger partial charge on any atom is -0.388 e. The van der Waals surface area contributed by atoms with E-state index in [0.717, 1.165) is 5.56 Å². The highest BCUT2D eigenvalue weighted by Crippen LogP contribution is 2.35. The lowest BCUT2D eigenvalue weighted by atomic mass is 10.1. The number of hydrogen-bond donors (Lipinski definition) is 5. The number of aryl methyl sites for hydroxylation is 1. The lowest BCUT2D eigenvalue weighted by Crippen LogP contribution is -2.38. The van der Waals surface area contributed by atoms with E-state index in [1.54, 1.807) is 6.07 Å². The maximum Gasteiger partial charge on any atom is 0.335 e. The van der Waals surface area contributed by atoms with E-state index in [0.29, 0.717) is 30.0 Å². The Hall–Kier alpha value is -2.45. The Morgan fingerprint density at radius 3 is 2.47 bits per heavy atom. The Morgan fingerprint density at radius 1 is 1.06 bits per heavy atom. The van der Waals surface area contributed by atoms with Crippen LogP contribution in [-0.4, -0.2) is 60.0 Å². The van der Waals surface area contributed by atoms with E-state index in [1.165, 1.54) is 25.5 Å². The molecule has 0 radical (unpaired) electrons. The van der Waals surface area contributed by atoms with E-state index in [1.807, 2.05) is 4.72 Å². The van der Waals surface area contributed by atoms with Crippen molar-refractivity contribution in [2.75, 3.05) is 17.7 Å². The van der Waals surface area contributed by atoms with Gasteiger partial charge < -0.3 is 20.8 Å². The number of hydrogen-bond acceptors (Lipinski definition) is 9. The quantitative estimate of drug-likeness (QED) is 0.392. The Kier molecular flexibility index (Phi) is 6.27. The summed E-state index contributed by atoms with van der Waals surface area (Å²) in [6, 6.07) is 2.97. The van der Waals surface area contributed by atoms with E-state index in [4.69, 9.17) is 4.18 Å². The molecule has 32 heavy (non-hydrogen) atoms. The van der Waals surface area contributed by atoms with Gasteiger partial charge in [-0.3, -0.25) is 4.18 Å². The molecule has 2 aromatic rings. The second kappa shape index (κ2) is 8.83. The fourth-order valence-electron chi connectivity index (χ4n) is 4.07. The van der Waals surface area contributed by atoms with Gasteiger partial charge in [0.15, 0.2) is 11.6 Å². The van der Waals surface area contributed by atoms with Gasteiger partial charge in [-0.05, 0) is 36.1 Å². The Labute approximate surface area is 183 Å². The molecule has 1 heterocycles. The minimum absolute atomic E-state index is 0.0108. The molecule has 0 saturated heterocycles. The molecular formula is C19H23F2N5O5S. The number of anilines is 2. The number of nitrogens with one attached hydrogen (secondary N) is 3. The largest absolute Gasteiger partial charge is 0.388 e. The average Bonchev–Trinajstić information content (AvgIpc) is 3.24. The molecule has 2 aliphatic rings. The summed E-state index contributed by atoms with van der Waals surface area (Å²) in [5.41, 5.74) is 1.40. The van der Waals surface area contributed by atoms with Crippen LogP contribution in [-0.2, 0) is 20.9 Å². The Balaban J connectivity index is 1.44. The molecule has 1 aromatic carbocycles. The van der Waals surface area contributed by atoms with Gasteiger partial charge in [0, 0.05) is 19.5 Å². The molecule has 174 valence electrons. The van der Waals surface area contributed by atoms with Crippen LogP contribution in [0.1, 0.15) is 30.0 Å². The molecule has 4 rings (SSSR count). The lowest BCUT2D eigenvalue weighted by Gasteiger charge is -2.19. The average molecular weight is 471 g/mol. The van der Waals surface area contributed by atoms with E-state index >= 15 is 0 Å². The second-order valence-electron chi connectivity index (χ2n) is 7.75. The molecule has 13 heteroatoms. The third-order valence-corrected chi connectivity index (χ3v) is 6.71. The molecule has 10 nitrogen and oxygen atoms in total. The predicted molar refractivity (Wildman–Crippen MR) is 110 cm³/mol. The number of aliphatic hydroxyl groups excluding tert-OH is 2. The third-order valence-electron chi connectivity index (χ3n) is 5.71. The number of fused-ring (bicyclic) bond motifs is 1. The van der Waals surface area contributed by atoms with E-state index < -0.39 is 46.3 Å². The number of halogens is 2. The standard InChI is InChI=1S/C19H23F2N5O5S/c1-22-32(29,30)31-15-6-14(18(27)19(15)28)26-17-7-16(23-8-24-17)25-13-3-2-9-4-11(20)12(21)5-10(9)13/h4-5,7-8,13-15,18-19,22,27-28H,2-3,6H2,1H3,(H2,23,24,25,26)/t13-,14+,15+,18-,19-/m0/s1. The van der Waals surface area contributed by atoms with Crippen LogP contribution < -0.4 is 15.4 Å². The van der Waals surface area contributed by atoms with Crippen LogP contribution in [0.4, 0.5) is 20.4 Å².